The van der Waals surface area contributed by atoms with E-state index in [1.807, 2.05) is 50.2 Å². The van der Waals surface area contributed by atoms with E-state index in [9.17, 15) is 4.79 Å². The van der Waals surface area contributed by atoms with Crippen LogP contribution in [-0.4, -0.2) is 11.2 Å². The van der Waals surface area contributed by atoms with Gasteiger partial charge in [-0.1, -0.05) is 55.5 Å². The number of carbonyl (C=O) groups is 1. The number of nitrogens with one attached hydrogen (secondary N) is 1. The summed E-state index contributed by atoms with van der Waals surface area (Å²) in [5.74, 6) is 0.959. The standard InChI is InChI=1S/C19H23NOS/c1-4-17(22-13-16-11-6-5-7-12-16)19(21)20-18-14(2)9-8-10-15(18)3/h5-12,17H,4,13H2,1-3H3,(H,20,21). The molecule has 0 radical (unpaired) electrons. The molecule has 0 saturated heterocycles. The molecule has 2 nitrogen and oxygen atoms in total. The van der Waals surface area contributed by atoms with E-state index in [-0.39, 0.29) is 11.2 Å². The number of thioether (sulfide) groups is 1. The predicted molar refractivity (Wildman–Crippen MR) is 96.4 cm³/mol. The molecule has 1 amide bonds. The van der Waals surface area contributed by atoms with E-state index in [1.165, 1.54) is 5.56 Å². The molecule has 0 aromatic heterocycles. The minimum atomic E-state index is -0.0285. The van der Waals surface area contributed by atoms with E-state index in [1.54, 1.807) is 11.8 Å². The number of hydrogen-bond acceptors (Lipinski definition) is 2. The van der Waals surface area contributed by atoms with Gasteiger partial charge in [-0.05, 0) is 37.0 Å². The molecule has 1 unspecified atom stereocenters. The molecular weight excluding hydrogens is 290 g/mol. The third-order valence-electron chi connectivity index (χ3n) is 3.69. The summed E-state index contributed by atoms with van der Waals surface area (Å²) in [5, 5.41) is 3.08. The summed E-state index contributed by atoms with van der Waals surface area (Å²) in [7, 11) is 0. The molecule has 2 aromatic carbocycles. The first kappa shape index (κ1) is 16.6. The van der Waals surface area contributed by atoms with Crippen LogP contribution in [0.15, 0.2) is 48.5 Å². The number of para-hydroxylation sites is 1. The van der Waals surface area contributed by atoms with Crippen molar-refractivity contribution in [1.82, 2.24) is 0 Å². The van der Waals surface area contributed by atoms with Gasteiger partial charge in [0.1, 0.15) is 0 Å². The molecule has 2 rings (SSSR count). The second kappa shape index (κ2) is 8.04. The summed E-state index contributed by atoms with van der Waals surface area (Å²) in [6.45, 7) is 6.12. The minimum absolute atomic E-state index is 0.0285. The Hall–Kier alpha value is -1.74. The molecule has 0 fully saturated rings. The highest BCUT2D eigenvalue weighted by molar-refractivity contribution is 7.99. The van der Waals surface area contributed by atoms with Crippen LogP contribution in [0.5, 0.6) is 0 Å². The molecule has 0 heterocycles. The smallest absolute Gasteiger partial charge is 0.237 e. The van der Waals surface area contributed by atoms with Gasteiger partial charge < -0.3 is 5.32 Å². The number of rotatable bonds is 6. The highest BCUT2D eigenvalue weighted by atomic mass is 32.2. The van der Waals surface area contributed by atoms with Crippen molar-refractivity contribution in [3.63, 3.8) is 0 Å². The van der Waals surface area contributed by atoms with Crippen LogP contribution < -0.4 is 5.32 Å². The zero-order valence-electron chi connectivity index (χ0n) is 13.4. The lowest BCUT2D eigenvalue weighted by Crippen LogP contribution is -2.25. The molecule has 0 spiro atoms. The summed E-state index contributed by atoms with van der Waals surface area (Å²) in [4.78, 5) is 12.5. The van der Waals surface area contributed by atoms with Crippen molar-refractivity contribution in [3.8, 4) is 0 Å². The SMILES string of the molecule is CCC(SCc1ccccc1)C(=O)Nc1c(C)cccc1C. The Balaban J connectivity index is 2.00. The molecule has 22 heavy (non-hydrogen) atoms. The van der Waals surface area contributed by atoms with E-state index in [4.69, 9.17) is 0 Å². The van der Waals surface area contributed by atoms with E-state index < -0.39 is 0 Å². The van der Waals surface area contributed by atoms with Crippen LogP contribution in [0, 0.1) is 13.8 Å². The molecule has 0 aliphatic carbocycles. The maximum Gasteiger partial charge on any atom is 0.237 e. The molecule has 0 bridgehead atoms. The summed E-state index contributed by atoms with van der Waals surface area (Å²) >= 11 is 1.70. The number of benzene rings is 2. The Bertz CT molecular complexity index is 604. The lowest BCUT2D eigenvalue weighted by atomic mass is 10.1. The van der Waals surface area contributed by atoms with Gasteiger partial charge in [-0.3, -0.25) is 4.79 Å². The first-order chi connectivity index (χ1) is 10.6. The van der Waals surface area contributed by atoms with E-state index >= 15 is 0 Å². The third-order valence-corrected chi connectivity index (χ3v) is 5.14. The quantitative estimate of drug-likeness (QED) is 0.817. The zero-order valence-corrected chi connectivity index (χ0v) is 14.2. The van der Waals surface area contributed by atoms with Crippen LogP contribution in [-0.2, 0) is 10.5 Å². The van der Waals surface area contributed by atoms with Crippen molar-refractivity contribution in [2.45, 2.75) is 38.2 Å². The molecule has 0 aliphatic rings. The number of hydrogen-bond donors (Lipinski definition) is 1. The summed E-state index contributed by atoms with van der Waals surface area (Å²) < 4.78 is 0. The fraction of sp³-hybridized carbons (Fsp3) is 0.316. The zero-order chi connectivity index (χ0) is 15.9. The van der Waals surface area contributed by atoms with Crippen molar-refractivity contribution in [3.05, 3.63) is 65.2 Å². The van der Waals surface area contributed by atoms with Gasteiger partial charge in [0.15, 0.2) is 0 Å². The fourth-order valence-corrected chi connectivity index (χ4v) is 3.40. The highest BCUT2D eigenvalue weighted by Crippen LogP contribution is 2.24. The lowest BCUT2D eigenvalue weighted by molar-refractivity contribution is -0.115. The number of anilines is 1. The van der Waals surface area contributed by atoms with Crippen molar-refractivity contribution in [1.29, 1.82) is 0 Å². The highest BCUT2D eigenvalue weighted by Gasteiger charge is 2.18. The Morgan fingerprint density at radius 2 is 1.68 bits per heavy atom. The Kier molecular flexibility index (Phi) is 6.08. The van der Waals surface area contributed by atoms with Crippen molar-refractivity contribution < 1.29 is 4.79 Å². The monoisotopic (exact) mass is 313 g/mol. The maximum absolute atomic E-state index is 12.5. The van der Waals surface area contributed by atoms with Crippen LogP contribution in [0.4, 0.5) is 5.69 Å². The second-order valence-corrected chi connectivity index (χ2v) is 6.64. The van der Waals surface area contributed by atoms with Gasteiger partial charge in [0, 0.05) is 11.4 Å². The molecule has 3 heteroatoms. The van der Waals surface area contributed by atoms with Crippen LogP contribution in [0.1, 0.15) is 30.0 Å². The second-order valence-electron chi connectivity index (χ2n) is 5.45. The van der Waals surface area contributed by atoms with Gasteiger partial charge in [0.2, 0.25) is 5.91 Å². The molecule has 1 atom stereocenters. The predicted octanol–water partition coefficient (Wildman–Crippen LogP) is 4.95. The summed E-state index contributed by atoms with van der Waals surface area (Å²) in [6, 6.07) is 16.4. The third kappa shape index (κ3) is 4.38. The average molecular weight is 313 g/mol. The first-order valence-corrected chi connectivity index (χ1v) is 8.69. The molecule has 0 saturated carbocycles. The van der Waals surface area contributed by atoms with Gasteiger partial charge in [-0.25, -0.2) is 0 Å². The average Bonchev–Trinajstić information content (AvgIpc) is 2.52. The number of carbonyl (C=O) groups excluding carboxylic acids is 1. The van der Waals surface area contributed by atoms with Crippen LogP contribution in [0.2, 0.25) is 0 Å². The van der Waals surface area contributed by atoms with Crippen molar-refractivity contribution in [2.24, 2.45) is 0 Å². The van der Waals surface area contributed by atoms with E-state index in [0.29, 0.717) is 0 Å². The minimum Gasteiger partial charge on any atom is -0.325 e. The van der Waals surface area contributed by atoms with E-state index in [0.717, 1.165) is 29.0 Å². The van der Waals surface area contributed by atoms with Gasteiger partial charge in [-0.2, -0.15) is 0 Å². The lowest BCUT2D eigenvalue weighted by Gasteiger charge is -2.17. The van der Waals surface area contributed by atoms with Gasteiger partial charge >= 0.3 is 0 Å². The number of aryl methyl sites for hydroxylation is 2. The largest absolute Gasteiger partial charge is 0.325 e. The van der Waals surface area contributed by atoms with Gasteiger partial charge in [0.25, 0.3) is 0 Å². The number of amides is 1. The fourth-order valence-electron chi connectivity index (χ4n) is 2.37. The van der Waals surface area contributed by atoms with Crippen LogP contribution >= 0.6 is 11.8 Å². The van der Waals surface area contributed by atoms with Crippen molar-refractivity contribution >= 4 is 23.4 Å². The van der Waals surface area contributed by atoms with Crippen LogP contribution in [0.3, 0.4) is 0 Å². The normalized spacial score (nSPS) is 12.0. The van der Waals surface area contributed by atoms with E-state index in [2.05, 4.69) is 24.4 Å². The first-order valence-electron chi connectivity index (χ1n) is 7.64. The molecule has 1 N–H and O–H groups in total. The van der Waals surface area contributed by atoms with Crippen molar-refractivity contribution in [2.75, 3.05) is 5.32 Å². The maximum atomic E-state index is 12.5. The molecule has 116 valence electrons. The molecule has 0 aliphatic heterocycles. The summed E-state index contributed by atoms with van der Waals surface area (Å²) in [6.07, 6.45) is 0.828. The van der Waals surface area contributed by atoms with Crippen LogP contribution in [0.25, 0.3) is 0 Å². The molecular formula is C19H23NOS. The topological polar surface area (TPSA) is 29.1 Å². The Morgan fingerprint density at radius 3 is 2.27 bits per heavy atom. The van der Waals surface area contributed by atoms with Gasteiger partial charge in [-0.15, -0.1) is 11.8 Å². The van der Waals surface area contributed by atoms with Gasteiger partial charge in [0.05, 0.1) is 5.25 Å². The summed E-state index contributed by atoms with van der Waals surface area (Å²) in [5.41, 5.74) is 4.42. The Morgan fingerprint density at radius 1 is 1.05 bits per heavy atom. The molecule has 2 aromatic rings. The Labute approximate surface area is 137 Å².